The van der Waals surface area contributed by atoms with Crippen molar-refractivity contribution in [3.05, 3.63) is 12.7 Å². The lowest BCUT2D eigenvalue weighted by atomic mass is 10.3. The highest BCUT2D eigenvalue weighted by Crippen LogP contribution is 2.03. The quantitative estimate of drug-likeness (QED) is 0.285. The van der Waals surface area contributed by atoms with Crippen LogP contribution in [0.5, 0.6) is 0 Å². The first-order valence-corrected chi connectivity index (χ1v) is 4.51. The first kappa shape index (κ1) is 13.4. The maximum absolute atomic E-state index is 11.0. The summed E-state index contributed by atoms with van der Waals surface area (Å²) in [5.74, 6) is -1.67. The molecule has 0 spiro atoms. The molecule has 0 saturated carbocycles. The summed E-state index contributed by atoms with van der Waals surface area (Å²) in [6, 6.07) is 0. The second kappa shape index (κ2) is 6.75. The highest BCUT2D eigenvalue weighted by atomic mass is 16.7. The Morgan fingerprint density at radius 1 is 1.33 bits per heavy atom. The van der Waals surface area contributed by atoms with Gasteiger partial charge in [0.05, 0.1) is 0 Å². The molecule has 0 aromatic rings. The molecular weight excluding hydrogens is 200 g/mol. The van der Waals surface area contributed by atoms with Crippen LogP contribution in [0.15, 0.2) is 12.7 Å². The van der Waals surface area contributed by atoms with Gasteiger partial charge in [0.2, 0.25) is 6.29 Å². The first-order chi connectivity index (χ1) is 6.99. The van der Waals surface area contributed by atoms with Crippen LogP contribution in [-0.2, 0) is 23.9 Å². The summed E-state index contributed by atoms with van der Waals surface area (Å²) in [6.45, 7) is 6.16. The van der Waals surface area contributed by atoms with Crippen molar-refractivity contribution in [2.24, 2.45) is 0 Å². The fourth-order valence-corrected chi connectivity index (χ4v) is 0.760. The zero-order valence-electron chi connectivity index (χ0n) is 8.82. The van der Waals surface area contributed by atoms with E-state index in [1.54, 1.807) is 6.92 Å². The highest BCUT2D eigenvalue weighted by molar-refractivity contribution is 5.94. The van der Waals surface area contributed by atoms with E-state index >= 15 is 0 Å². The summed E-state index contributed by atoms with van der Waals surface area (Å²) in [5.41, 5.74) is 0. The fraction of sp³-hybridized carbons (Fsp3) is 0.500. The van der Waals surface area contributed by atoms with Crippen LogP contribution in [-0.4, -0.2) is 24.0 Å². The van der Waals surface area contributed by atoms with Crippen molar-refractivity contribution in [2.45, 2.75) is 33.0 Å². The summed E-state index contributed by atoms with van der Waals surface area (Å²) in [7, 11) is 0. The van der Waals surface area contributed by atoms with Crippen LogP contribution in [0.4, 0.5) is 0 Å². The number of hydrogen-bond donors (Lipinski definition) is 0. The number of Topliss-reactive ketones (excluding diaryl/α,β-unsaturated/α-hetero) is 1. The summed E-state index contributed by atoms with van der Waals surface area (Å²) < 4.78 is 9.42. The summed E-state index contributed by atoms with van der Waals surface area (Å²) in [6.07, 6.45) is 0.0228. The average Bonchev–Trinajstić information content (AvgIpc) is 2.15. The molecule has 5 nitrogen and oxygen atoms in total. The third-order valence-corrected chi connectivity index (χ3v) is 1.40. The molecule has 1 atom stereocenters. The Hall–Kier alpha value is -1.65. The molecule has 0 saturated heterocycles. The number of carbonyl (C=O) groups excluding carboxylic acids is 3. The number of hydrogen-bond acceptors (Lipinski definition) is 5. The van der Waals surface area contributed by atoms with Gasteiger partial charge in [-0.3, -0.25) is 9.59 Å². The minimum absolute atomic E-state index is 0.301. The second-order valence-electron chi connectivity index (χ2n) is 2.85. The van der Waals surface area contributed by atoms with E-state index in [0.29, 0.717) is 6.42 Å². The van der Waals surface area contributed by atoms with Gasteiger partial charge in [-0.25, -0.2) is 4.79 Å². The van der Waals surface area contributed by atoms with E-state index in [1.165, 1.54) is 6.92 Å². The van der Waals surface area contributed by atoms with Gasteiger partial charge in [-0.2, -0.15) is 0 Å². The van der Waals surface area contributed by atoms with E-state index in [2.05, 4.69) is 11.3 Å². The van der Waals surface area contributed by atoms with Crippen molar-refractivity contribution < 1.29 is 23.9 Å². The topological polar surface area (TPSA) is 69.7 Å². The molecule has 0 bridgehead atoms. The van der Waals surface area contributed by atoms with Gasteiger partial charge in [-0.05, 0) is 6.92 Å². The minimum Gasteiger partial charge on any atom is -0.425 e. The van der Waals surface area contributed by atoms with Gasteiger partial charge >= 0.3 is 11.9 Å². The highest BCUT2D eigenvalue weighted by Gasteiger charge is 2.16. The molecule has 0 rings (SSSR count). The van der Waals surface area contributed by atoms with Crippen molar-refractivity contribution in [1.82, 2.24) is 0 Å². The van der Waals surface area contributed by atoms with Gasteiger partial charge in [-0.1, -0.05) is 13.5 Å². The van der Waals surface area contributed by atoms with Crippen LogP contribution in [0.1, 0.15) is 26.7 Å². The first-order valence-electron chi connectivity index (χ1n) is 4.51. The van der Waals surface area contributed by atoms with Crippen LogP contribution in [0.2, 0.25) is 0 Å². The second-order valence-corrected chi connectivity index (χ2v) is 2.85. The monoisotopic (exact) mass is 214 g/mol. The molecule has 5 heteroatoms. The Bertz CT molecular complexity index is 269. The van der Waals surface area contributed by atoms with Gasteiger partial charge < -0.3 is 9.47 Å². The molecule has 0 aliphatic carbocycles. The fourth-order valence-electron chi connectivity index (χ4n) is 0.760. The van der Waals surface area contributed by atoms with E-state index in [0.717, 1.165) is 6.08 Å². The van der Waals surface area contributed by atoms with Crippen molar-refractivity contribution in [3.63, 3.8) is 0 Å². The van der Waals surface area contributed by atoms with Gasteiger partial charge in [0, 0.05) is 12.5 Å². The molecular formula is C10H14O5. The van der Waals surface area contributed by atoms with E-state index in [1.807, 2.05) is 0 Å². The number of ether oxygens (including phenoxy) is 2. The van der Waals surface area contributed by atoms with Gasteiger partial charge in [0.1, 0.15) is 12.2 Å². The molecule has 84 valence electrons. The predicted molar refractivity (Wildman–Crippen MR) is 51.8 cm³/mol. The molecule has 0 aromatic carbocycles. The molecule has 15 heavy (non-hydrogen) atoms. The Morgan fingerprint density at radius 2 is 1.93 bits per heavy atom. The zero-order chi connectivity index (χ0) is 11.8. The molecule has 0 aliphatic rings. The molecule has 0 fully saturated rings. The molecule has 1 unspecified atom stereocenters. The average molecular weight is 214 g/mol. The van der Waals surface area contributed by atoms with Gasteiger partial charge in [0.15, 0.2) is 0 Å². The Balaban J connectivity index is 4.09. The SMILES string of the molecule is C=CC(=O)OC(CC)OC(=O)CC(C)=O. The summed E-state index contributed by atoms with van der Waals surface area (Å²) in [4.78, 5) is 32.4. The normalized spacial score (nSPS) is 11.3. The minimum atomic E-state index is -0.956. The van der Waals surface area contributed by atoms with E-state index < -0.39 is 18.2 Å². The lowest BCUT2D eigenvalue weighted by Gasteiger charge is -2.15. The Labute approximate surface area is 88.0 Å². The van der Waals surface area contributed by atoms with Gasteiger partial charge in [-0.15, -0.1) is 0 Å². The number of ketones is 1. The molecule has 0 aliphatic heterocycles. The Morgan fingerprint density at radius 3 is 2.33 bits per heavy atom. The van der Waals surface area contributed by atoms with Crippen molar-refractivity contribution in [2.75, 3.05) is 0 Å². The van der Waals surface area contributed by atoms with E-state index in [4.69, 9.17) is 4.74 Å². The third-order valence-electron chi connectivity index (χ3n) is 1.40. The van der Waals surface area contributed by atoms with Crippen molar-refractivity contribution in [3.8, 4) is 0 Å². The molecule has 0 aromatic heterocycles. The molecule has 0 N–H and O–H groups in total. The lowest BCUT2D eigenvalue weighted by Crippen LogP contribution is -2.24. The van der Waals surface area contributed by atoms with E-state index in [-0.39, 0.29) is 12.2 Å². The predicted octanol–water partition coefficient (Wildman–Crippen LogP) is 0.974. The Kier molecular flexibility index (Phi) is 6.01. The van der Waals surface area contributed by atoms with Crippen LogP contribution < -0.4 is 0 Å². The van der Waals surface area contributed by atoms with Crippen molar-refractivity contribution >= 4 is 17.7 Å². The standard InChI is InChI=1S/C10H14O5/c1-4-8(12)14-10(5-2)15-9(13)6-7(3)11/h4,10H,1,5-6H2,2-3H3. The largest absolute Gasteiger partial charge is 0.425 e. The zero-order valence-corrected chi connectivity index (χ0v) is 8.82. The van der Waals surface area contributed by atoms with Gasteiger partial charge in [0.25, 0.3) is 0 Å². The lowest BCUT2D eigenvalue weighted by molar-refractivity contribution is -0.184. The maximum Gasteiger partial charge on any atom is 0.333 e. The molecule has 0 heterocycles. The van der Waals surface area contributed by atoms with Crippen molar-refractivity contribution in [1.29, 1.82) is 0 Å². The third kappa shape index (κ3) is 6.42. The summed E-state index contributed by atoms with van der Waals surface area (Å²) >= 11 is 0. The number of carbonyl (C=O) groups is 3. The van der Waals surface area contributed by atoms with E-state index in [9.17, 15) is 14.4 Å². The van der Waals surface area contributed by atoms with Crippen LogP contribution in [0.3, 0.4) is 0 Å². The smallest absolute Gasteiger partial charge is 0.333 e. The summed E-state index contributed by atoms with van der Waals surface area (Å²) in [5, 5.41) is 0. The molecule has 0 radical (unpaired) electrons. The number of rotatable bonds is 6. The van der Waals surface area contributed by atoms with Crippen LogP contribution in [0, 0.1) is 0 Å². The molecule has 0 amide bonds. The van der Waals surface area contributed by atoms with Crippen LogP contribution in [0.25, 0.3) is 0 Å². The van der Waals surface area contributed by atoms with Crippen LogP contribution >= 0.6 is 0 Å². The number of esters is 2. The maximum atomic E-state index is 11.0.